The molecular weight excluding hydrogens is 250 g/mol. The molecule has 0 aromatic carbocycles. The third-order valence-electron chi connectivity index (χ3n) is 4.76. The average molecular weight is 281 g/mol. The number of nitrogens with zero attached hydrogens (tertiary/aromatic N) is 3. The van der Waals surface area contributed by atoms with Gasteiger partial charge < -0.3 is 14.7 Å². The van der Waals surface area contributed by atoms with Crippen LogP contribution < -0.4 is 0 Å². The maximum absolute atomic E-state index is 12.3. The average Bonchev–Trinajstić information content (AvgIpc) is 2.46. The van der Waals surface area contributed by atoms with E-state index in [1.165, 1.54) is 45.2 Å². The molecular formula is C16H31N3O. The topological polar surface area (TPSA) is 26.8 Å². The van der Waals surface area contributed by atoms with E-state index in [2.05, 4.69) is 21.6 Å². The molecule has 1 amide bonds. The minimum atomic E-state index is 0.364. The Balaban J connectivity index is 1.66. The molecule has 0 N–H and O–H groups in total. The van der Waals surface area contributed by atoms with Gasteiger partial charge in [0.2, 0.25) is 5.91 Å². The lowest BCUT2D eigenvalue weighted by atomic mass is 10.1. The molecule has 4 nitrogen and oxygen atoms in total. The normalized spacial score (nSPS) is 23.4. The van der Waals surface area contributed by atoms with Gasteiger partial charge >= 0.3 is 0 Å². The van der Waals surface area contributed by atoms with Gasteiger partial charge in [0.15, 0.2) is 0 Å². The molecule has 0 atom stereocenters. The largest absolute Gasteiger partial charge is 0.340 e. The molecule has 2 aliphatic heterocycles. The van der Waals surface area contributed by atoms with E-state index in [1.807, 2.05) is 0 Å². The van der Waals surface area contributed by atoms with Crippen LogP contribution in [-0.2, 0) is 4.79 Å². The van der Waals surface area contributed by atoms with Gasteiger partial charge in [-0.1, -0.05) is 26.2 Å². The van der Waals surface area contributed by atoms with Crippen molar-refractivity contribution < 1.29 is 4.79 Å². The first-order valence-corrected chi connectivity index (χ1v) is 8.52. The summed E-state index contributed by atoms with van der Waals surface area (Å²) in [6.45, 7) is 10.6. The van der Waals surface area contributed by atoms with Gasteiger partial charge in [0.05, 0.1) is 0 Å². The van der Waals surface area contributed by atoms with Crippen LogP contribution in [0.25, 0.3) is 0 Å². The van der Waals surface area contributed by atoms with Gasteiger partial charge in [0, 0.05) is 39.1 Å². The lowest BCUT2D eigenvalue weighted by Gasteiger charge is -2.34. The van der Waals surface area contributed by atoms with Crippen LogP contribution >= 0.6 is 0 Å². The highest BCUT2D eigenvalue weighted by molar-refractivity contribution is 5.76. The van der Waals surface area contributed by atoms with Gasteiger partial charge in [-0.15, -0.1) is 0 Å². The molecule has 2 fully saturated rings. The van der Waals surface area contributed by atoms with E-state index in [0.29, 0.717) is 12.3 Å². The van der Waals surface area contributed by atoms with Crippen LogP contribution in [0, 0.1) is 0 Å². The first-order chi connectivity index (χ1) is 9.79. The van der Waals surface area contributed by atoms with Crippen LogP contribution in [0.1, 0.15) is 45.4 Å². The highest BCUT2D eigenvalue weighted by Crippen LogP contribution is 2.11. The molecule has 2 aliphatic rings. The summed E-state index contributed by atoms with van der Waals surface area (Å²) in [5.74, 6) is 0.364. The van der Waals surface area contributed by atoms with E-state index in [9.17, 15) is 4.79 Å². The van der Waals surface area contributed by atoms with E-state index in [-0.39, 0.29) is 0 Å². The summed E-state index contributed by atoms with van der Waals surface area (Å²) in [5, 5.41) is 0. The van der Waals surface area contributed by atoms with E-state index in [4.69, 9.17) is 0 Å². The fourth-order valence-electron chi connectivity index (χ4n) is 3.26. The number of carbonyl (C=O) groups is 1. The molecule has 0 unspecified atom stereocenters. The highest BCUT2D eigenvalue weighted by Gasteiger charge is 2.20. The number of amides is 1. The molecule has 2 rings (SSSR count). The minimum absolute atomic E-state index is 0.364. The van der Waals surface area contributed by atoms with Crippen molar-refractivity contribution in [2.24, 2.45) is 0 Å². The molecule has 116 valence electrons. The number of hydrogen-bond acceptors (Lipinski definition) is 3. The number of rotatable bonds is 4. The van der Waals surface area contributed by atoms with E-state index >= 15 is 0 Å². The van der Waals surface area contributed by atoms with Crippen molar-refractivity contribution in [1.82, 2.24) is 14.7 Å². The molecule has 2 saturated heterocycles. The Kier molecular flexibility index (Phi) is 6.80. The quantitative estimate of drug-likeness (QED) is 0.786. The lowest BCUT2D eigenvalue weighted by molar-refractivity contribution is -0.133. The molecule has 2 heterocycles. The first-order valence-electron chi connectivity index (χ1n) is 8.52. The van der Waals surface area contributed by atoms with Gasteiger partial charge in [0.25, 0.3) is 0 Å². The second-order valence-electron chi connectivity index (χ2n) is 6.17. The van der Waals surface area contributed by atoms with Crippen molar-refractivity contribution >= 4 is 5.91 Å². The second kappa shape index (κ2) is 8.63. The van der Waals surface area contributed by atoms with Gasteiger partial charge in [0.1, 0.15) is 0 Å². The lowest BCUT2D eigenvalue weighted by Crippen LogP contribution is -2.49. The highest BCUT2D eigenvalue weighted by atomic mass is 16.2. The summed E-state index contributed by atoms with van der Waals surface area (Å²) in [7, 11) is 0. The van der Waals surface area contributed by atoms with Crippen LogP contribution in [0.15, 0.2) is 0 Å². The Morgan fingerprint density at radius 1 is 0.800 bits per heavy atom. The maximum Gasteiger partial charge on any atom is 0.223 e. The molecule has 20 heavy (non-hydrogen) atoms. The van der Waals surface area contributed by atoms with Crippen LogP contribution in [-0.4, -0.2) is 73.0 Å². The third-order valence-corrected chi connectivity index (χ3v) is 4.76. The van der Waals surface area contributed by atoms with Crippen LogP contribution in [0.5, 0.6) is 0 Å². The standard InChI is InChI=1S/C16H31N3O/c1-2-17-12-14-19(15-13-17)16(20)8-11-18-9-6-4-3-5-7-10-18/h2-15H2,1H3. The van der Waals surface area contributed by atoms with Crippen molar-refractivity contribution in [3.63, 3.8) is 0 Å². The smallest absolute Gasteiger partial charge is 0.223 e. The predicted octanol–water partition coefficient (Wildman–Crippen LogP) is 1.81. The zero-order chi connectivity index (χ0) is 14.2. The molecule has 4 heteroatoms. The van der Waals surface area contributed by atoms with Gasteiger partial charge in [-0.3, -0.25) is 4.79 Å². The Bertz CT molecular complexity index is 279. The van der Waals surface area contributed by atoms with Crippen molar-refractivity contribution in [3.05, 3.63) is 0 Å². The van der Waals surface area contributed by atoms with Crippen molar-refractivity contribution in [3.8, 4) is 0 Å². The summed E-state index contributed by atoms with van der Waals surface area (Å²) in [5.41, 5.74) is 0. The summed E-state index contributed by atoms with van der Waals surface area (Å²) in [4.78, 5) is 19.3. The maximum atomic E-state index is 12.3. The van der Waals surface area contributed by atoms with Crippen molar-refractivity contribution in [2.45, 2.75) is 45.4 Å². The zero-order valence-electron chi connectivity index (χ0n) is 13.1. The molecule has 0 bridgehead atoms. The Labute approximate surface area is 124 Å². The SMILES string of the molecule is CCN1CCN(C(=O)CCN2CCCCCCC2)CC1. The van der Waals surface area contributed by atoms with E-state index < -0.39 is 0 Å². The summed E-state index contributed by atoms with van der Waals surface area (Å²) >= 11 is 0. The molecule has 0 radical (unpaired) electrons. The Morgan fingerprint density at radius 2 is 1.40 bits per heavy atom. The van der Waals surface area contributed by atoms with Crippen molar-refractivity contribution in [1.29, 1.82) is 0 Å². The van der Waals surface area contributed by atoms with Gasteiger partial charge in [-0.2, -0.15) is 0 Å². The third kappa shape index (κ3) is 5.06. The van der Waals surface area contributed by atoms with Crippen LogP contribution in [0.3, 0.4) is 0 Å². The Morgan fingerprint density at radius 3 is 2.00 bits per heavy atom. The Hall–Kier alpha value is -0.610. The predicted molar refractivity (Wildman–Crippen MR) is 82.8 cm³/mol. The van der Waals surface area contributed by atoms with Gasteiger partial charge in [-0.05, 0) is 32.5 Å². The zero-order valence-corrected chi connectivity index (χ0v) is 13.1. The number of likely N-dealkylation sites (tertiary alicyclic amines) is 1. The molecule has 0 aromatic rings. The van der Waals surface area contributed by atoms with Gasteiger partial charge in [-0.25, -0.2) is 0 Å². The van der Waals surface area contributed by atoms with Crippen molar-refractivity contribution in [2.75, 3.05) is 52.4 Å². The molecule has 0 spiro atoms. The fourth-order valence-corrected chi connectivity index (χ4v) is 3.26. The second-order valence-corrected chi connectivity index (χ2v) is 6.17. The number of hydrogen-bond donors (Lipinski definition) is 0. The summed E-state index contributed by atoms with van der Waals surface area (Å²) in [6, 6.07) is 0. The van der Waals surface area contributed by atoms with E-state index in [1.54, 1.807) is 0 Å². The molecule has 0 saturated carbocycles. The summed E-state index contributed by atoms with van der Waals surface area (Å²) in [6.07, 6.45) is 7.46. The monoisotopic (exact) mass is 281 g/mol. The molecule has 0 aromatic heterocycles. The molecule has 0 aliphatic carbocycles. The number of likely N-dealkylation sites (N-methyl/N-ethyl adjacent to an activating group) is 1. The summed E-state index contributed by atoms with van der Waals surface area (Å²) < 4.78 is 0. The fraction of sp³-hybridized carbons (Fsp3) is 0.938. The van der Waals surface area contributed by atoms with Crippen LogP contribution in [0.4, 0.5) is 0 Å². The van der Waals surface area contributed by atoms with Crippen LogP contribution in [0.2, 0.25) is 0 Å². The minimum Gasteiger partial charge on any atom is -0.340 e. The number of piperazine rings is 1. The van der Waals surface area contributed by atoms with E-state index in [0.717, 1.165) is 39.3 Å². The first kappa shape index (κ1) is 15.8. The number of carbonyl (C=O) groups excluding carboxylic acids is 1.